The number of fused-ring (bicyclic) bond motifs is 1. The van der Waals surface area contributed by atoms with Crippen molar-refractivity contribution in [1.29, 1.82) is 0 Å². The summed E-state index contributed by atoms with van der Waals surface area (Å²) in [6.07, 6.45) is 3.78. The fourth-order valence-corrected chi connectivity index (χ4v) is 3.17. The van der Waals surface area contributed by atoms with Gasteiger partial charge in [-0.25, -0.2) is 0 Å². The van der Waals surface area contributed by atoms with E-state index in [1.165, 1.54) is 0 Å². The highest BCUT2D eigenvalue weighted by atomic mass is 16.7. The number of hydrogen-bond donors (Lipinski definition) is 0. The first kappa shape index (κ1) is 17.1. The molecule has 1 aromatic heterocycles. The summed E-state index contributed by atoms with van der Waals surface area (Å²) in [7, 11) is 0. The maximum Gasteiger partial charge on any atom is 0.231 e. The van der Waals surface area contributed by atoms with Crippen LogP contribution < -0.4 is 14.4 Å². The number of pyridine rings is 1. The zero-order valence-corrected chi connectivity index (χ0v) is 15.1. The molecule has 1 aliphatic heterocycles. The average molecular weight is 360 g/mol. The van der Waals surface area contributed by atoms with E-state index in [-0.39, 0.29) is 19.1 Å². The van der Waals surface area contributed by atoms with Crippen LogP contribution in [0.1, 0.15) is 16.7 Å². The van der Waals surface area contributed by atoms with Crippen molar-refractivity contribution in [2.24, 2.45) is 0 Å². The van der Waals surface area contributed by atoms with Gasteiger partial charge in [0.05, 0.1) is 13.0 Å². The Hall–Kier alpha value is -3.34. The first-order chi connectivity index (χ1) is 13.2. The molecule has 0 bridgehead atoms. The van der Waals surface area contributed by atoms with Gasteiger partial charge >= 0.3 is 0 Å². The molecule has 1 aliphatic rings. The Balaban J connectivity index is 1.61. The zero-order valence-electron chi connectivity index (χ0n) is 15.1. The van der Waals surface area contributed by atoms with Gasteiger partial charge in [-0.3, -0.25) is 9.78 Å². The molecule has 0 saturated carbocycles. The van der Waals surface area contributed by atoms with E-state index in [9.17, 15) is 4.79 Å². The maximum absolute atomic E-state index is 13.2. The molecule has 0 fully saturated rings. The molecule has 3 aromatic rings. The van der Waals surface area contributed by atoms with Crippen LogP contribution in [0.25, 0.3) is 0 Å². The largest absolute Gasteiger partial charge is 0.454 e. The fraction of sp³-hybridized carbons (Fsp3) is 0.182. The van der Waals surface area contributed by atoms with Gasteiger partial charge in [0, 0.05) is 18.1 Å². The summed E-state index contributed by atoms with van der Waals surface area (Å²) in [5.41, 5.74) is 3.91. The normalized spacial score (nSPS) is 12.0. The molecule has 5 heteroatoms. The number of benzene rings is 2. The molecule has 4 rings (SSSR count). The van der Waals surface area contributed by atoms with E-state index in [4.69, 9.17) is 9.47 Å². The summed E-state index contributed by atoms with van der Waals surface area (Å²) in [5, 5.41) is 0. The maximum atomic E-state index is 13.2. The van der Waals surface area contributed by atoms with Crippen molar-refractivity contribution in [3.05, 3.63) is 83.7 Å². The second kappa shape index (κ2) is 7.50. The third-order valence-electron chi connectivity index (χ3n) is 4.59. The van der Waals surface area contributed by atoms with Crippen molar-refractivity contribution < 1.29 is 14.3 Å². The molecule has 27 heavy (non-hydrogen) atoms. The highest BCUT2D eigenvalue weighted by Crippen LogP contribution is 2.33. The zero-order chi connectivity index (χ0) is 18.6. The minimum absolute atomic E-state index is 0.0278. The molecule has 0 aliphatic carbocycles. The fourth-order valence-electron chi connectivity index (χ4n) is 3.17. The lowest BCUT2D eigenvalue weighted by Gasteiger charge is -2.25. The Morgan fingerprint density at radius 2 is 1.78 bits per heavy atom. The lowest BCUT2D eigenvalue weighted by Crippen LogP contribution is -2.32. The van der Waals surface area contributed by atoms with Crippen LogP contribution in [-0.4, -0.2) is 17.7 Å². The Bertz CT molecular complexity index is 957. The van der Waals surface area contributed by atoms with Crippen LogP contribution in [0.5, 0.6) is 11.5 Å². The summed E-state index contributed by atoms with van der Waals surface area (Å²) in [6, 6.07) is 17.4. The molecule has 0 N–H and O–H groups in total. The number of hydrogen-bond acceptors (Lipinski definition) is 4. The molecule has 1 amide bonds. The molecule has 5 nitrogen and oxygen atoms in total. The molecule has 0 spiro atoms. The molecule has 2 heterocycles. The van der Waals surface area contributed by atoms with E-state index in [2.05, 4.69) is 4.98 Å². The number of para-hydroxylation sites is 1. The molecule has 136 valence electrons. The van der Waals surface area contributed by atoms with Gasteiger partial charge in [-0.2, -0.15) is 0 Å². The van der Waals surface area contributed by atoms with Crippen LogP contribution in [0.2, 0.25) is 0 Å². The SMILES string of the molecule is Cc1ccccc1N(Cc1ccncc1)C(=O)Cc1ccc2c(c1)OCO2. The molecule has 0 radical (unpaired) electrons. The summed E-state index contributed by atoms with van der Waals surface area (Å²) >= 11 is 0. The van der Waals surface area contributed by atoms with Gasteiger partial charge in [-0.15, -0.1) is 0 Å². The molecule has 0 saturated heterocycles. The number of carbonyl (C=O) groups is 1. The van der Waals surface area contributed by atoms with Crippen molar-refractivity contribution >= 4 is 11.6 Å². The van der Waals surface area contributed by atoms with E-state index in [1.54, 1.807) is 12.4 Å². The van der Waals surface area contributed by atoms with Crippen molar-refractivity contribution in [3.63, 3.8) is 0 Å². The topological polar surface area (TPSA) is 51.7 Å². The highest BCUT2D eigenvalue weighted by molar-refractivity contribution is 5.95. The number of nitrogens with zero attached hydrogens (tertiary/aromatic N) is 2. The standard InChI is InChI=1S/C22H20N2O3/c1-16-4-2-3-5-19(16)24(14-17-8-10-23-11-9-17)22(25)13-18-6-7-20-21(12-18)27-15-26-20/h2-12H,13-15H2,1H3. The van der Waals surface area contributed by atoms with Gasteiger partial charge in [0.2, 0.25) is 12.7 Å². The molecule has 0 atom stereocenters. The number of amides is 1. The van der Waals surface area contributed by atoms with E-state index in [1.807, 2.05) is 66.4 Å². The Labute approximate surface area is 158 Å². The Morgan fingerprint density at radius 1 is 1.00 bits per heavy atom. The van der Waals surface area contributed by atoms with Crippen molar-refractivity contribution in [2.45, 2.75) is 19.9 Å². The first-order valence-corrected chi connectivity index (χ1v) is 8.84. The van der Waals surface area contributed by atoms with Crippen molar-refractivity contribution in [1.82, 2.24) is 4.98 Å². The molecule has 0 unspecified atom stereocenters. The Kier molecular flexibility index (Phi) is 4.75. The number of aryl methyl sites for hydroxylation is 1. The minimum atomic E-state index is 0.0278. The number of anilines is 1. The minimum Gasteiger partial charge on any atom is -0.454 e. The van der Waals surface area contributed by atoms with Gasteiger partial charge in [-0.05, 0) is 53.9 Å². The Morgan fingerprint density at radius 3 is 2.59 bits per heavy atom. The first-order valence-electron chi connectivity index (χ1n) is 8.84. The predicted molar refractivity (Wildman–Crippen MR) is 103 cm³/mol. The summed E-state index contributed by atoms with van der Waals surface area (Å²) < 4.78 is 10.8. The van der Waals surface area contributed by atoms with Crippen LogP contribution in [0.15, 0.2) is 67.0 Å². The lowest BCUT2D eigenvalue weighted by atomic mass is 10.1. The highest BCUT2D eigenvalue weighted by Gasteiger charge is 2.20. The van der Waals surface area contributed by atoms with E-state index >= 15 is 0 Å². The van der Waals surface area contributed by atoms with Gasteiger partial charge in [0.15, 0.2) is 11.5 Å². The van der Waals surface area contributed by atoms with Crippen LogP contribution in [0.4, 0.5) is 5.69 Å². The van der Waals surface area contributed by atoms with E-state index < -0.39 is 0 Å². The van der Waals surface area contributed by atoms with Crippen LogP contribution >= 0.6 is 0 Å². The number of rotatable bonds is 5. The monoisotopic (exact) mass is 360 g/mol. The summed E-state index contributed by atoms with van der Waals surface area (Å²) in [5.74, 6) is 1.44. The molecular formula is C22H20N2O3. The van der Waals surface area contributed by atoms with E-state index in [0.29, 0.717) is 12.3 Å². The van der Waals surface area contributed by atoms with E-state index in [0.717, 1.165) is 28.1 Å². The predicted octanol–water partition coefficient (Wildman–Crippen LogP) is 3.89. The molecular weight excluding hydrogens is 340 g/mol. The third kappa shape index (κ3) is 3.77. The van der Waals surface area contributed by atoms with Crippen LogP contribution in [-0.2, 0) is 17.8 Å². The average Bonchev–Trinajstić information content (AvgIpc) is 3.15. The van der Waals surface area contributed by atoms with Crippen LogP contribution in [0.3, 0.4) is 0 Å². The lowest BCUT2D eigenvalue weighted by molar-refractivity contribution is -0.118. The number of carbonyl (C=O) groups excluding carboxylic acids is 1. The summed E-state index contributed by atoms with van der Waals surface area (Å²) in [6.45, 7) is 2.74. The second-order valence-corrected chi connectivity index (χ2v) is 6.49. The van der Waals surface area contributed by atoms with Gasteiger partial charge in [0.1, 0.15) is 0 Å². The third-order valence-corrected chi connectivity index (χ3v) is 4.59. The van der Waals surface area contributed by atoms with Crippen molar-refractivity contribution in [3.8, 4) is 11.5 Å². The second-order valence-electron chi connectivity index (χ2n) is 6.49. The quantitative estimate of drug-likeness (QED) is 0.693. The van der Waals surface area contributed by atoms with Gasteiger partial charge in [-0.1, -0.05) is 24.3 Å². The molecule has 2 aromatic carbocycles. The van der Waals surface area contributed by atoms with Gasteiger partial charge < -0.3 is 14.4 Å². The number of ether oxygens (including phenoxy) is 2. The van der Waals surface area contributed by atoms with Crippen molar-refractivity contribution in [2.75, 3.05) is 11.7 Å². The van der Waals surface area contributed by atoms with Crippen LogP contribution in [0, 0.1) is 6.92 Å². The summed E-state index contributed by atoms with van der Waals surface area (Å²) in [4.78, 5) is 19.1. The smallest absolute Gasteiger partial charge is 0.231 e. The number of aromatic nitrogens is 1. The van der Waals surface area contributed by atoms with Gasteiger partial charge in [0.25, 0.3) is 0 Å².